The third kappa shape index (κ3) is 3.85. The largest absolute Gasteiger partial charge is 0.344 e. The quantitative estimate of drug-likeness (QED) is 0.786. The number of hydrogen-bond acceptors (Lipinski definition) is 3. The maximum Gasteiger partial charge on any atom is 0.242 e. The van der Waals surface area contributed by atoms with E-state index in [0.717, 1.165) is 10.0 Å². The number of carbonyl (C=O) groups excluding carboxylic acids is 1. The third-order valence-electron chi connectivity index (χ3n) is 3.45. The van der Waals surface area contributed by atoms with E-state index in [0.29, 0.717) is 23.9 Å². The monoisotopic (exact) mass is 438 g/mol. The topological polar surface area (TPSA) is 66.5 Å². The molecule has 1 aliphatic heterocycles. The molecule has 1 fully saturated rings. The van der Waals surface area contributed by atoms with Gasteiger partial charge in [-0.3, -0.25) is 4.79 Å². The van der Waals surface area contributed by atoms with Gasteiger partial charge < -0.3 is 4.90 Å². The minimum absolute atomic E-state index is 0.0460. The zero-order valence-electron chi connectivity index (χ0n) is 11.7. The number of amides is 1. The molecule has 1 aromatic rings. The molecule has 1 N–H and O–H groups in total. The van der Waals surface area contributed by atoms with Gasteiger partial charge in [-0.2, -0.15) is 0 Å². The number of likely N-dealkylation sites (N-methyl/N-ethyl adjacent to an activating group) is 1. The SMILES string of the molecule is Cc1cc(Br)c(S(=O)(=O)NC2CCC(=O)N(C)C2)cc1Br. The molecule has 5 nitrogen and oxygen atoms in total. The van der Waals surface area contributed by atoms with Gasteiger partial charge in [0.25, 0.3) is 0 Å². The van der Waals surface area contributed by atoms with Crippen molar-refractivity contribution in [2.75, 3.05) is 13.6 Å². The summed E-state index contributed by atoms with van der Waals surface area (Å²) in [5.74, 6) is 0.0460. The van der Waals surface area contributed by atoms with Gasteiger partial charge in [0.05, 0.1) is 4.90 Å². The Morgan fingerprint density at radius 1 is 1.29 bits per heavy atom. The fourth-order valence-corrected chi connectivity index (χ4v) is 5.16. The maximum atomic E-state index is 12.5. The lowest BCUT2D eigenvalue weighted by Crippen LogP contribution is -2.48. The first-order valence-electron chi connectivity index (χ1n) is 6.42. The number of likely N-dealkylation sites (tertiary alicyclic amines) is 1. The molecule has 1 aliphatic rings. The Bertz CT molecular complexity index is 676. The Labute approximate surface area is 141 Å². The number of aryl methyl sites for hydroxylation is 1. The maximum absolute atomic E-state index is 12.5. The van der Waals surface area contributed by atoms with Crippen molar-refractivity contribution < 1.29 is 13.2 Å². The predicted molar refractivity (Wildman–Crippen MR) is 87.6 cm³/mol. The molecule has 0 radical (unpaired) electrons. The highest BCUT2D eigenvalue weighted by Gasteiger charge is 2.28. The number of benzene rings is 1. The van der Waals surface area contributed by atoms with Crippen LogP contribution >= 0.6 is 31.9 Å². The second-order valence-electron chi connectivity index (χ2n) is 5.16. The summed E-state index contributed by atoms with van der Waals surface area (Å²) < 4.78 is 29.0. The Balaban J connectivity index is 2.23. The summed E-state index contributed by atoms with van der Waals surface area (Å²) in [6.07, 6.45) is 0.884. The van der Waals surface area contributed by atoms with Crippen LogP contribution in [0, 0.1) is 6.92 Å². The van der Waals surface area contributed by atoms with Crippen LogP contribution in [0.15, 0.2) is 26.0 Å². The van der Waals surface area contributed by atoms with Gasteiger partial charge in [0.1, 0.15) is 0 Å². The molecule has 8 heteroatoms. The molecule has 116 valence electrons. The van der Waals surface area contributed by atoms with E-state index in [1.165, 1.54) is 0 Å². The lowest BCUT2D eigenvalue weighted by atomic mass is 10.1. The molecule has 1 aromatic carbocycles. The van der Waals surface area contributed by atoms with Crippen molar-refractivity contribution in [2.45, 2.75) is 30.7 Å². The smallest absolute Gasteiger partial charge is 0.242 e. The number of rotatable bonds is 3. The molecule has 1 heterocycles. The summed E-state index contributed by atoms with van der Waals surface area (Å²) in [5.41, 5.74) is 0.948. The Morgan fingerprint density at radius 2 is 1.95 bits per heavy atom. The van der Waals surface area contributed by atoms with Crippen molar-refractivity contribution in [3.8, 4) is 0 Å². The van der Waals surface area contributed by atoms with E-state index in [2.05, 4.69) is 36.6 Å². The highest BCUT2D eigenvalue weighted by Crippen LogP contribution is 2.29. The van der Waals surface area contributed by atoms with E-state index in [-0.39, 0.29) is 16.8 Å². The van der Waals surface area contributed by atoms with Crippen molar-refractivity contribution in [1.82, 2.24) is 9.62 Å². The molecule has 1 unspecified atom stereocenters. The fourth-order valence-electron chi connectivity index (χ4n) is 2.23. The van der Waals surface area contributed by atoms with Crippen LogP contribution < -0.4 is 4.72 Å². The molecule has 1 amide bonds. The summed E-state index contributed by atoms with van der Waals surface area (Å²) in [7, 11) is -1.95. The van der Waals surface area contributed by atoms with Gasteiger partial charge in [0, 0.05) is 35.0 Å². The highest BCUT2D eigenvalue weighted by atomic mass is 79.9. The summed E-state index contributed by atoms with van der Waals surface area (Å²) >= 11 is 6.65. The number of halogens is 2. The summed E-state index contributed by atoms with van der Waals surface area (Å²) in [4.78, 5) is 13.2. The molecule has 21 heavy (non-hydrogen) atoms. The van der Waals surface area contributed by atoms with Crippen LogP contribution in [-0.2, 0) is 14.8 Å². The number of nitrogens with zero attached hydrogens (tertiary/aromatic N) is 1. The Kier molecular flexibility index (Phi) is 5.12. The van der Waals surface area contributed by atoms with Crippen LogP contribution in [0.5, 0.6) is 0 Å². The predicted octanol–water partition coefficient (Wildman–Crippen LogP) is 2.42. The zero-order chi connectivity index (χ0) is 15.8. The molecule has 2 rings (SSSR count). The Hall–Kier alpha value is -0.440. The molecular formula is C13H16Br2N2O3S. The van der Waals surface area contributed by atoms with Crippen LogP contribution in [-0.4, -0.2) is 38.9 Å². The summed E-state index contributed by atoms with van der Waals surface area (Å²) in [6.45, 7) is 2.28. The molecular weight excluding hydrogens is 424 g/mol. The van der Waals surface area contributed by atoms with Crippen molar-refractivity contribution in [3.05, 3.63) is 26.6 Å². The van der Waals surface area contributed by atoms with E-state index in [1.54, 1.807) is 24.1 Å². The average molecular weight is 440 g/mol. The van der Waals surface area contributed by atoms with Crippen LogP contribution in [0.1, 0.15) is 18.4 Å². The first kappa shape index (κ1) is 16.9. The van der Waals surface area contributed by atoms with Crippen molar-refractivity contribution in [3.63, 3.8) is 0 Å². The molecule has 0 aliphatic carbocycles. The van der Waals surface area contributed by atoms with E-state index in [9.17, 15) is 13.2 Å². The van der Waals surface area contributed by atoms with Gasteiger partial charge in [-0.1, -0.05) is 15.9 Å². The second kappa shape index (κ2) is 6.36. The van der Waals surface area contributed by atoms with E-state index in [1.807, 2.05) is 6.92 Å². The normalized spacial score (nSPS) is 19.9. The van der Waals surface area contributed by atoms with Gasteiger partial charge in [-0.05, 0) is 47.0 Å². The number of nitrogens with one attached hydrogen (secondary N) is 1. The number of hydrogen-bond donors (Lipinski definition) is 1. The van der Waals surface area contributed by atoms with E-state index in [4.69, 9.17) is 0 Å². The van der Waals surface area contributed by atoms with Gasteiger partial charge in [0.15, 0.2) is 0 Å². The molecule has 1 saturated heterocycles. The van der Waals surface area contributed by atoms with Crippen LogP contribution in [0.2, 0.25) is 0 Å². The minimum atomic E-state index is -3.64. The lowest BCUT2D eigenvalue weighted by Gasteiger charge is -2.30. The van der Waals surface area contributed by atoms with Crippen LogP contribution in [0.4, 0.5) is 0 Å². The molecule has 0 spiro atoms. The third-order valence-corrected chi connectivity index (χ3v) is 6.78. The summed E-state index contributed by atoms with van der Waals surface area (Å²) in [5, 5.41) is 0. The first-order valence-corrected chi connectivity index (χ1v) is 9.49. The highest BCUT2D eigenvalue weighted by molar-refractivity contribution is 9.11. The molecule has 0 bridgehead atoms. The lowest BCUT2D eigenvalue weighted by molar-refractivity contribution is -0.132. The molecule has 0 saturated carbocycles. The molecule has 1 atom stereocenters. The first-order chi connectivity index (χ1) is 9.70. The summed E-state index contributed by atoms with van der Waals surface area (Å²) in [6, 6.07) is 3.08. The van der Waals surface area contributed by atoms with Crippen molar-refractivity contribution >= 4 is 47.8 Å². The minimum Gasteiger partial charge on any atom is -0.344 e. The number of carbonyl (C=O) groups is 1. The average Bonchev–Trinajstić information content (AvgIpc) is 2.37. The van der Waals surface area contributed by atoms with Crippen LogP contribution in [0.25, 0.3) is 0 Å². The zero-order valence-corrected chi connectivity index (χ0v) is 15.7. The standard InChI is InChI=1S/C13H16Br2N2O3S/c1-8-5-11(15)12(6-10(8)14)21(19,20)16-9-3-4-13(18)17(2)7-9/h5-6,9,16H,3-4,7H2,1-2H3. The number of piperidine rings is 1. The van der Waals surface area contributed by atoms with Gasteiger partial charge in [-0.15, -0.1) is 0 Å². The van der Waals surface area contributed by atoms with E-state index >= 15 is 0 Å². The van der Waals surface area contributed by atoms with Gasteiger partial charge in [-0.25, -0.2) is 13.1 Å². The van der Waals surface area contributed by atoms with Crippen molar-refractivity contribution in [2.24, 2.45) is 0 Å². The van der Waals surface area contributed by atoms with Gasteiger partial charge in [0.2, 0.25) is 15.9 Å². The van der Waals surface area contributed by atoms with Crippen molar-refractivity contribution in [1.29, 1.82) is 0 Å². The van der Waals surface area contributed by atoms with Crippen LogP contribution in [0.3, 0.4) is 0 Å². The fraction of sp³-hybridized carbons (Fsp3) is 0.462. The van der Waals surface area contributed by atoms with Gasteiger partial charge >= 0.3 is 0 Å². The molecule has 0 aromatic heterocycles. The second-order valence-corrected chi connectivity index (χ2v) is 8.55. The Morgan fingerprint density at radius 3 is 2.57 bits per heavy atom. The number of sulfonamides is 1. The van der Waals surface area contributed by atoms with E-state index < -0.39 is 10.0 Å².